The lowest BCUT2D eigenvalue weighted by Gasteiger charge is -2.44. The highest BCUT2D eigenvalue weighted by molar-refractivity contribution is 6.01. The minimum atomic E-state index is -1.28. The highest BCUT2D eigenvalue weighted by atomic mass is 19.1. The summed E-state index contributed by atoms with van der Waals surface area (Å²) >= 11 is 0. The van der Waals surface area contributed by atoms with Gasteiger partial charge in [0.15, 0.2) is 5.69 Å². The molecule has 1 N–H and O–H groups in total. The van der Waals surface area contributed by atoms with E-state index in [1.54, 1.807) is 26.0 Å². The van der Waals surface area contributed by atoms with Crippen molar-refractivity contribution in [1.82, 2.24) is 20.0 Å². The lowest BCUT2D eigenvalue weighted by atomic mass is 9.86. The molecule has 8 nitrogen and oxygen atoms in total. The molecule has 1 saturated carbocycles. The summed E-state index contributed by atoms with van der Waals surface area (Å²) in [7, 11) is 0. The second-order valence-corrected chi connectivity index (χ2v) is 9.52. The van der Waals surface area contributed by atoms with Gasteiger partial charge < -0.3 is 15.0 Å². The van der Waals surface area contributed by atoms with Gasteiger partial charge in [-0.15, -0.1) is 0 Å². The summed E-state index contributed by atoms with van der Waals surface area (Å²) in [6.45, 7) is 5.88. The van der Waals surface area contributed by atoms with Crippen LogP contribution in [-0.4, -0.2) is 50.7 Å². The first-order chi connectivity index (χ1) is 16.2. The Kier molecular flexibility index (Phi) is 6.72. The number of halogens is 1. The zero-order chi connectivity index (χ0) is 24.5. The molecule has 1 aliphatic carbocycles. The van der Waals surface area contributed by atoms with E-state index in [0.29, 0.717) is 11.5 Å². The maximum Gasteiger partial charge on any atom is 0.358 e. The third-order valence-corrected chi connectivity index (χ3v) is 6.85. The molecule has 0 spiro atoms. The Morgan fingerprint density at radius 3 is 2.65 bits per heavy atom. The number of esters is 1. The second kappa shape index (κ2) is 9.56. The largest absolute Gasteiger partial charge is 0.461 e. The summed E-state index contributed by atoms with van der Waals surface area (Å²) in [5.41, 5.74) is -0.507. The van der Waals surface area contributed by atoms with Gasteiger partial charge >= 0.3 is 5.97 Å². The molecule has 0 saturated heterocycles. The summed E-state index contributed by atoms with van der Waals surface area (Å²) in [5, 5.41) is 7.40. The molecular formula is C25H31FN4O4. The van der Waals surface area contributed by atoms with Gasteiger partial charge in [0.1, 0.15) is 17.1 Å². The molecule has 2 amide bonds. The van der Waals surface area contributed by atoms with Crippen LogP contribution in [0.4, 0.5) is 4.39 Å². The number of hydrogen-bond donors (Lipinski definition) is 1. The number of nitrogens with zero attached hydrogens (tertiary/aromatic N) is 3. The highest BCUT2D eigenvalue weighted by Crippen LogP contribution is 2.31. The Labute approximate surface area is 198 Å². The van der Waals surface area contributed by atoms with Gasteiger partial charge in [-0.3, -0.25) is 14.3 Å². The van der Waals surface area contributed by atoms with Crippen molar-refractivity contribution < 1.29 is 23.5 Å². The predicted molar refractivity (Wildman–Crippen MR) is 122 cm³/mol. The fraction of sp³-hybridized carbons (Fsp3) is 0.520. The molecule has 4 rings (SSSR count). The number of fused-ring (bicyclic) bond motifs is 1. The maximum absolute atomic E-state index is 13.9. The molecule has 1 fully saturated rings. The Morgan fingerprint density at radius 1 is 1.24 bits per heavy atom. The molecule has 34 heavy (non-hydrogen) atoms. The van der Waals surface area contributed by atoms with Gasteiger partial charge in [-0.25, -0.2) is 9.18 Å². The number of hydrogen-bond acceptors (Lipinski definition) is 5. The van der Waals surface area contributed by atoms with Crippen LogP contribution in [-0.2, 0) is 22.6 Å². The molecule has 2 aromatic rings. The molecule has 0 unspecified atom stereocenters. The van der Waals surface area contributed by atoms with Crippen molar-refractivity contribution in [2.45, 2.75) is 71.1 Å². The Morgan fingerprint density at radius 2 is 1.97 bits per heavy atom. The number of ether oxygens (including phenoxy) is 1. The van der Waals surface area contributed by atoms with Crippen LogP contribution in [0.15, 0.2) is 30.3 Å². The zero-order valence-electron chi connectivity index (χ0n) is 19.8. The zero-order valence-corrected chi connectivity index (χ0v) is 19.8. The van der Waals surface area contributed by atoms with E-state index < -0.39 is 23.2 Å². The van der Waals surface area contributed by atoms with Crippen LogP contribution in [0.25, 0.3) is 0 Å². The van der Waals surface area contributed by atoms with Gasteiger partial charge in [0.05, 0.1) is 13.2 Å². The molecule has 0 radical (unpaired) electrons. The molecule has 2 heterocycles. The van der Waals surface area contributed by atoms with E-state index in [-0.39, 0.29) is 43.0 Å². The van der Waals surface area contributed by atoms with Gasteiger partial charge in [0, 0.05) is 18.7 Å². The SMILES string of the molecule is CCOC(=O)c1cc2n(n1)C[C@](C)(C(=O)NC1CCC(C)CC1)N(Cc1cccc(F)c1)C2=O. The summed E-state index contributed by atoms with van der Waals surface area (Å²) < 4.78 is 20.3. The first-order valence-corrected chi connectivity index (χ1v) is 11.8. The van der Waals surface area contributed by atoms with Gasteiger partial charge in [-0.2, -0.15) is 5.10 Å². The van der Waals surface area contributed by atoms with Crippen molar-refractivity contribution in [2.75, 3.05) is 6.61 Å². The minimum absolute atomic E-state index is 0.0156. The Balaban J connectivity index is 1.67. The molecule has 0 bridgehead atoms. The molecule has 1 aromatic carbocycles. The fourth-order valence-corrected chi connectivity index (χ4v) is 4.76. The van der Waals surface area contributed by atoms with Crippen LogP contribution in [0.5, 0.6) is 0 Å². The molecule has 1 aromatic heterocycles. The van der Waals surface area contributed by atoms with Gasteiger partial charge in [-0.1, -0.05) is 19.1 Å². The Hall–Kier alpha value is -3.23. The van der Waals surface area contributed by atoms with E-state index in [1.165, 1.54) is 27.8 Å². The van der Waals surface area contributed by atoms with Crippen molar-refractivity contribution in [3.8, 4) is 0 Å². The predicted octanol–water partition coefficient (Wildman–Crippen LogP) is 3.31. The first-order valence-electron chi connectivity index (χ1n) is 11.8. The van der Waals surface area contributed by atoms with Crippen molar-refractivity contribution in [2.24, 2.45) is 5.92 Å². The molecule has 2 aliphatic rings. The molecule has 1 atom stereocenters. The average Bonchev–Trinajstić information content (AvgIpc) is 3.22. The lowest BCUT2D eigenvalue weighted by Crippen LogP contribution is -2.64. The number of carbonyl (C=O) groups excluding carboxylic acids is 3. The molecular weight excluding hydrogens is 439 g/mol. The number of carbonyl (C=O) groups is 3. The van der Waals surface area contributed by atoms with E-state index in [1.807, 2.05) is 0 Å². The van der Waals surface area contributed by atoms with E-state index in [9.17, 15) is 18.8 Å². The second-order valence-electron chi connectivity index (χ2n) is 9.52. The molecule has 9 heteroatoms. The maximum atomic E-state index is 13.9. The lowest BCUT2D eigenvalue weighted by molar-refractivity contribution is -0.134. The van der Waals surface area contributed by atoms with Crippen LogP contribution >= 0.6 is 0 Å². The summed E-state index contributed by atoms with van der Waals surface area (Å²) in [4.78, 5) is 40.9. The van der Waals surface area contributed by atoms with E-state index in [2.05, 4.69) is 17.3 Å². The smallest absolute Gasteiger partial charge is 0.358 e. The normalized spacial score (nSPS) is 24.5. The number of benzene rings is 1. The average molecular weight is 471 g/mol. The van der Waals surface area contributed by atoms with Crippen molar-refractivity contribution in [1.29, 1.82) is 0 Å². The minimum Gasteiger partial charge on any atom is -0.461 e. The van der Waals surface area contributed by atoms with Crippen molar-refractivity contribution in [3.63, 3.8) is 0 Å². The highest BCUT2D eigenvalue weighted by Gasteiger charge is 2.48. The molecule has 1 aliphatic heterocycles. The van der Waals surface area contributed by atoms with Gasteiger partial charge in [0.25, 0.3) is 5.91 Å². The number of nitrogens with one attached hydrogen (secondary N) is 1. The standard InChI is InChI=1S/C25H31FN4O4/c1-4-34-23(32)20-13-21-22(31)29(14-17-6-5-7-18(26)12-17)25(3,15-30(21)28-20)24(33)27-19-10-8-16(2)9-11-19/h5-7,12-13,16,19H,4,8-11,14-15H2,1-3H3,(H,27,33)/t16?,19?,25-/m1/s1. The Bertz CT molecular complexity index is 1090. The number of rotatable bonds is 6. The molecule has 182 valence electrons. The van der Waals surface area contributed by atoms with Crippen molar-refractivity contribution >= 4 is 17.8 Å². The first kappa shape index (κ1) is 23.9. The van der Waals surface area contributed by atoms with Crippen molar-refractivity contribution in [3.05, 3.63) is 53.1 Å². The van der Waals surface area contributed by atoms with Crippen LogP contribution < -0.4 is 5.32 Å². The quantitative estimate of drug-likeness (QED) is 0.654. The van der Waals surface area contributed by atoms with Crippen LogP contribution in [0, 0.1) is 11.7 Å². The van der Waals surface area contributed by atoms with Gasteiger partial charge in [0.2, 0.25) is 5.91 Å². The third kappa shape index (κ3) is 4.69. The summed E-state index contributed by atoms with van der Waals surface area (Å²) in [6.07, 6.45) is 3.86. The summed E-state index contributed by atoms with van der Waals surface area (Å²) in [6, 6.07) is 7.40. The fourth-order valence-electron chi connectivity index (χ4n) is 4.76. The van der Waals surface area contributed by atoms with E-state index in [0.717, 1.165) is 25.7 Å². The number of aromatic nitrogens is 2. The topological polar surface area (TPSA) is 93.5 Å². The monoisotopic (exact) mass is 470 g/mol. The van der Waals surface area contributed by atoms with E-state index >= 15 is 0 Å². The summed E-state index contributed by atoms with van der Waals surface area (Å²) in [5.74, 6) is -1.14. The van der Waals surface area contributed by atoms with E-state index in [4.69, 9.17) is 4.74 Å². The van der Waals surface area contributed by atoms with Crippen LogP contribution in [0.2, 0.25) is 0 Å². The van der Waals surface area contributed by atoms with Crippen LogP contribution in [0.3, 0.4) is 0 Å². The van der Waals surface area contributed by atoms with Crippen LogP contribution in [0.1, 0.15) is 73.0 Å². The number of amides is 2. The van der Waals surface area contributed by atoms with Gasteiger partial charge in [-0.05, 0) is 63.1 Å². The third-order valence-electron chi connectivity index (χ3n) is 6.85.